The minimum atomic E-state index is -1.19. The molecule has 1 aliphatic heterocycles. The number of aromatic carboxylic acids is 1. The van der Waals surface area contributed by atoms with Gasteiger partial charge in [-0.3, -0.25) is 4.79 Å². The van der Waals surface area contributed by atoms with Crippen LogP contribution in [0.25, 0.3) is 0 Å². The zero-order valence-corrected chi connectivity index (χ0v) is 14.1. The Morgan fingerprint density at radius 2 is 2.00 bits per heavy atom. The number of rotatable bonds is 7. The second-order valence-electron chi connectivity index (χ2n) is 6.05. The van der Waals surface area contributed by atoms with Gasteiger partial charge in [-0.25, -0.2) is 9.48 Å². The number of benzene rings is 1. The van der Waals surface area contributed by atoms with E-state index in [0.29, 0.717) is 18.2 Å². The quantitative estimate of drug-likeness (QED) is 0.767. The fourth-order valence-corrected chi connectivity index (χ4v) is 2.58. The summed E-state index contributed by atoms with van der Waals surface area (Å²) in [4.78, 5) is 22.7. The molecule has 138 valence electrons. The fraction of sp³-hybridized carbons (Fsp3) is 0.412. The molecule has 1 amide bonds. The Bertz CT molecular complexity index is 753. The summed E-state index contributed by atoms with van der Waals surface area (Å²) in [6.07, 6.45) is 3.23. The van der Waals surface area contributed by atoms with Crippen LogP contribution in [0.1, 0.15) is 23.3 Å². The first kappa shape index (κ1) is 17.9. The smallest absolute Gasteiger partial charge is 0.358 e. The minimum Gasteiger partial charge on any atom is -0.493 e. The number of carboxylic acid groups (broad SMARTS) is 1. The van der Waals surface area contributed by atoms with E-state index in [0.717, 1.165) is 31.8 Å². The highest BCUT2D eigenvalue weighted by Crippen LogP contribution is 2.19. The molecule has 2 aromatic rings. The summed E-state index contributed by atoms with van der Waals surface area (Å²) in [7, 11) is 0. The molecule has 0 saturated carbocycles. The van der Waals surface area contributed by atoms with E-state index in [2.05, 4.69) is 15.6 Å². The van der Waals surface area contributed by atoms with E-state index >= 15 is 0 Å². The van der Waals surface area contributed by atoms with Gasteiger partial charge in [0.15, 0.2) is 5.69 Å². The molecule has 3 rings (SSSR count). The molecule has 0 aliphatic carbocycles. The fourth-order valence-electron chi connectivity index (χ4n) is 2.58. The van der Waals surface area contributed by atoms with E-state index in [4.69, 9.17) is 14.6 Å². The van der Waals surface area contributed by atoms with Crippen LogP contribution in [0.4, 0.5) is 5.69 Å². The predicted molar refractivity (Wildman–Crippen MR) is 91.1 cm³/mol. The molecule has 9 heteroatoms. The predicted octanol–water partition coefficient (Wildman–Crippen LogP) is 1.42. The van der Waals surface area contributed by atoms with Gasteiger partial charge in [-0.05, 0) is 43.0 Å². The van der Waals surface area contributed by atoms with Crippen LogP contribution in [0.3, 0.4) is 0 Å². The van der Waals surface area contributed by atoms with Crippen molar-refractivity contribution < 1.29 is 24.2 Å². The third-order valence-corrected chi connectivity index (χ3v) is 4.03. The van der Waals surface area contributed by atoms with E-state index in [1.54, 1.807) is 24.3 Å². The average Bonchev–Trinajstić information content (AvgIpc) is 3.11. The molecule has 0 unspecified atom stereocenters. The van der Waals surface area contributed by atoms with Crippen LogP contribution in [-0.4, -0.2) is 51.8 Å². The number of carbonyl (C=O) groups excluding carboxylic acids is 1. The molecule has 0 spiro atoms. The number of hydrogen-bond donors (Lipinski definition) is 2. The molecule has 0 bridgehead atoms. The molecule has 1 aromatic carbocycles. The van der Waals surface area contributed by atoms with Crippen molar-refractivity contribution in [3.05, 3.63) is 36.2 Å². The maximum atomic E-state index is 12.0. The number of anilines is 1. The third kappa shape index (κ3) is 5.03. The lowest BCUT2D eigenvalue weighted by molar-refractivity contribution is -0.116. The number of ether oxygens (including phenoxy) is 2. The van der Waals surface area contributed by atoms with Gasteiger partial charge in [0.1, 0.15) is 12.3 Å². The van der Waals surface area contributed by atoms with Crippen LogP contribution in [-0.2, 0) is 16.1 Å². The summed E-state index contributed by atoms with van der Waals surface area (Å²) in [5.41, 5.74) is 0.413. The van der Waals surface area contributed by atoms with Crippen molar-refractivity contribution in [3.8, 4) is 5.75 Å². The first-order chi connectivity index (χ1) is 12.6. The number of aromatic nitrogens is 3. The number of amides is 1. The van der Waals surface area contributed by atoms with Crippen LogP contribution in [0.15, 0.2) is 30.5 Å². The molecule has 1 aromatic heterocycles. The lowest BCUT2D eigenvalue weighted by Crippen LogP contribution is -2.21. The van der Waals surface area contributed by atoms with Gasteiger partial charge >= 0.3 is 5.97 Å². The summed E-state index contributed by atoms with van der Waals surface area (Å²) in [5, 5.41) is 18.6. The van der Waals surface area contributed by atoms with E-state index in [-0.39, 0.29) is 18.1 Å². The molecular formula is C17H20N4O5. The van der Waals surface area contributed by atoms with E-state index < -0.39 is 5.97 Å². The largest absolute Gasteiger partial charge is 0.493 e. The topological polar surface area (TPSA) is 116 Å². The van der Waals surface area contributed by atoms with Gasteiger partial charge in [-0.15, -0.1) is 5.10 Å². The third-order valence-electron chi connectivity index (χ3n) is 4.03. The Morgan fingerprint density at radius 1 is 1.27 bits per heavy atom. The normalized spacial score (nSPS) is 14.8. The number of nitrogens with zero attached hydrogens (tertiary/aromatic N) is 3. The lowest BCUT2D eigenvalue weighted by atomic mass is 10.0. The Morgan fingerprint density at radius 3 is 2.65 bits per heavy atom. The van der Waals surface area contributed by atoms with Crippen molar-refractivity contribution in [1.29, 1.82) is 0 Å². The van der Waals surface area contributed by atoms with Crippen molar-refractivity contribution in [2.45, 2.75) is 19.4 Å². The van der Waals surface area contributed by atoms with Gasteiger partial charge in [0.05, 0.1) is 12.8 Å². The SMILES string of the molecule is O=C(Cn1cc(C(=O)O)nn1)Nc1ccc(OCC2CCOCC2)cc1. The van der Waals surface area contributed by atoms with Crippen molar-refractivity contribution in [2.75, 3.05) is 25.1 Å². The molecule has 2 N–H and O–H groups in total. The first-order valence-corrected chi connectivity index (χ1v) is 8.34. The highest BCUT2D eigenvalue weighted by molar-refractivity contribution is 5.90. The van der Waals surface area contributed by atoms with Crippen molar-refractivity contribution in [2.24, 2.45) is 5.92 Å². The highest BCUT2D eigenvalue weighted by atomic mass is 16.5. The van der Waals surface area contributed by atoms with E-state index in [9.17, 15) is 9.59 Å². The molecule has 9 nitrogen and oxygen atoms in total. The molecule has 0 atom stereocenters. The molecule has 0 radical (unpaired) electrons. The molecule has 2 heterocycles. The standard InChI is InChI=1S/C17H20N4O5/c22-16(10-21-9-15(17(23)24)19-20-21)18-13-1-3-14(4-2-13)26-11-12-5-7-25-8-6-12/h1-4,9,12H,5-8,10-11H2,(H,18,22)(H,23,24). The van der Waals surface area contributed by atoms with Gasteiger partial charge in [0.2, 0.25) is 5.91 Å². The van der Waals surface area contributed by atoms with Crippen molar-refractivity contribution in [3.63, 3.8) is 0 Å². The summed E-state index contributed by atoms with van der Waals surface area (Å²) in [6, 6.07) is 7.10. The average molecular weight is 360 g/mol. The van der Waals surface area contributed by atoms with Crippen LogP contribution >= 0.6 is 0 Å². The van der Waals surface area contributed by atoms with Crippen LogP contribution in [0, 0.1) is 5.92 Å². The maximum Gasteiger partial charge on any atom is 0.358 e. The van der Waals surface area contributed by atoms with Gasteiger partial charge in [-0.2, -0.15) is 0 Å². The summed E-state index contributed by atoms with van der Waals surface area (Å²) in [6.45, 7) is 2.12. The zero-order chi connectivity index (χ0) is 18.4. The Labute approximate surface area is 149 Å². The van der Waals surface area contributed by atoms with Crippen LogP contribution in [0.2, 0.25) is 0 Å². The highest BCUT2D eigenvalue weighted by Gasteiger charge is 2.14. The second kappa shape index (κ2) is 8.43. The first-order valence-electron chi connectivity index (χ1n) is 8.34. The molecule has 1 fully saturated rings. The summed E-state index contributed by atoms with van der Waals surface area (Å²) < 4.78 is 12.3. The summed E-state index contributed by atoms with van der Waals surface area (Å²) >= 11 is 0. The number of carbonyl (C=O) groups is 2. The van der Waals surface area contributed by atoms with Crippen LogP contribution in [0.5, 0.6) is 5.75 Å². The Kier molecular flexibility index (Phi) is 5.80. The van der Waals surface area contributed by atoms with Crippen molar-refractivity contribution in [1.82, 2.24) is 15.0 Å². The Hall–Kier alpha value is -2.94. The molecule has 1 aliphatic rings. The Balaban J connectivity index is 1.46. The number of carboxylic acids is 1. The minimum absolute atomic E-state index is 0.123. The lowest BCUT2D eigenvalue weighted by Gasteiger charge is -2.22. The molecule has 26 heavy (non-hydrogen) atoms. The molecule has 1 saturated heterocycles. The van der Waals surface area contributed by atoms with Gasteiger partial charge in [0, 0.05) is 18.9 Å². The number of hydrogen-bond acceptors (Lipinski definition) is 6. The molecular weight excluding hydrogens is 340 g/mol. The van der Waals surface area contributed by atoms with E-state index in [1.165, 1.54) is 10.9 Å². The van der Waals surface area contributed by atoms with Crippen LogP contribution < -0.4 is 10.1 Å². The van der Waals surface area contributed by atoms with E-state index in [1.807, 2.05) is 0 Å². The monoisotopic (exact) mass is 360 g/mol. The zero-order valence-electron chi connectivity index (χ0n) is 14.1. The van der Waals surface area contributed by atoms with Gasteiger partial charge in [0.25, 0.3) is 0 Å². The second-order valence-corrected chi connectivity index (χ2v) is 6.05. The maximum absolute atomic E-state index is 12.0. The van der Waals surface area contributed by atoms with Gasteiger partial charge < -0.3 is 19.9 Å². The van der Waals surface area contributed by atoms with Crippen molar-refractivity contribution >= 4 is 17.6 Å². The number of nitrogens with one attached hydrogen (secondary N) is 1. The summed E-state index contributed by atoms with van der Waals surface area (Å²) in [5.74, 6) is -0.255. The van der Waals surface area contributed by atoms with Gasteiger partial charge in [-0.1, -0.05) is 5.21 Å².